The van der Waals surface area contributed by atoms with Gasteiger partial charge in [0.2, 0.25) is 0 Å². The van der Waals surface area contributed by atoms with Crippen molar-refractivity contribution in [1.82, 2.24) is 0 Å². The summed E-state index contributed by atoms with van der Waals surface area (Å²) in [5, 5.41) is 0. The molecule has 1 saturated carbocycles. The third-order valence-corrected chi connectivity index (χ3v) is 5.47. The van der Waals surface area contributed by atoms with Crippen LogP contribution in [0.15, 0.2) is 59.5 Å². The summed E-state index contributed by atoms with van der Waals surface area (Å²) in [6, 6.07) is 14.9. The molecule has 0 heterocycles. The summed E-state index contributed by atoms with van der Waals surface area (Å²) in [4.78, 5) is 12.3. The number of sulfone groups is 1. The normalized spacial score (nSPS) is 14.4. The Balaban J connectivity index is 1.73. The van der Waals surface area contributed by atoms with Gasteiger partial charge in [-0.1, -0.05) is 30.3 Å². The zero-order valence-electron chi connectivity index (χ0n) is 12.6. The average Bonchev–Trinajstić information content (AvgIpc) is 3.38. The Morgan fingerprint density at radius 3 is 2.48 bits per heavy atom. The molecule has 0 N–H and O–H groups in total. The summed E-state index contributed by atoms with van der Waals surface area (Å²) >= 11 is 0. The number of carbonyl (C=O) groups excluding carboxylic acids is 1. The van der Waals surface area contributed by atoms with Gasteiger partial charge in [-0.05, 0) is 48.6 Å². The van der Waals surface area contributed by atoms with Crippen LogP contribution >= 0.6 is 0 Å². The van der Waals surface area contributed by atoms with Gasteiger partial charge < -0.3 is 4.74 Å². The molecule has 4 nitrogen and oxygen atoms in total. The van der Waals surface area contributed by atoms with Crippen molar-refractivity contribution >= 4 is 15.8 Å². The zero-order chi connectivity index (χ0) is 16.3. The number of ether oxygens (including phenoxy) is 1. The lowest BCUT2D eigenvalue weighted by atomic mass is 10.1. The Morgan fingerprint density at radius 2 is 1.78 bits per heavy atom. The number of carbonyl (C=O) groups is 1. The van der Waals surface area contributed by atoms with E-state index in [9.17, 15) is 13.2 Å². The summed E-state index contributed by atoms with van der Waals surface area (Å²) < 4.78 is 30.0. The Morgan fingerprint density at radius 1 is 1.04 bits per heavy atom. The summed E-state index contributed by atoms with van der Waals surface area (Å²) in [6.07, 6.45) is 2.23. The lowest BCUT2D eigenvalue weighted by Crippen LogP contribution is -2.09. The highest BCUT2D eigenvalue weighted by Crippen LogP contribution is 2.29. The summed E-state index contributed by atoms with van der Waals surface area (Å²) in [5.41, 5.74) is 0.973. The van der Waals surface area contributed by atoms with E-state index in [2.05, 4.69) is 0 Å². The molecule has 2 aromatic carbocycles. The molecule has 5 heteroatoms. The van der Waals surface area contributed by atoms with Gasteiger partial charge in [0.25, 0.3) is 0 Å². The third kappa shape index (κ3) is 4.20. The molecule has 0 spiro atoms. The van der Waals surface area contributed by atoms with Crippen LogP contribution in [0.3, 0.4) is 0 Å². The van der Waals surface area contributed by atoms with Crippen molar-refractivity contribution in [3.05, 3.63) is 65.7 Å². The minimum Gasteiger partial charge on any atom is -0.462 e. The molecule has 0 bridgehead atoms. The number of rotatable bonds is 6. The lowest BCUT2D eigenvalue weighted by Gasteiger charge is -2.07. The first-order valence-corrected chi connectivity index (χ1v) is 9.24. The molecule has 120 valence electrons. The van der Waals surface area contributed by atoms with E-state index in [1.54, 1.807) is 54.6 Å². The molecule has 2 aromatic rings. The maximum absolute atomic E-state index is 12.4. The highest BCUT2D eigenvalue weighted by Gasteiger charge is 2.23. The minimum absolute atomic E-state index is 0.138. The highest BCUT2D eigenvalue weighted by atomic mass is 32.2. The molecule has 1 aliphatic rings. The van der Waals surface area contributed by atoms with Crippen molar-refractivity contribution in [2.75, 3.05) is 6.61 Å². The molecule has 1 aliphatic carbocycles. The summed E-state index contributed by atoms with van der Waals surface area (Å²) in [7, 11) is -3.42. The van der Waals surface area contributed by atoms with E-state index in [4.69, 9.17) is 4.74 Å². The number of hydrogen-bond donors (Lipinski definition) is 0. The average molecular weight is 330 g/mol. The van der Waals surface area contributed by atoms with E-state index >= 15 is 0 Å². The van der Waals surface area contributed by atoms with Gasteiger partial charge in [-0.15, -0.1) is 0 Å². The Bertz CT molecular complexity index is 793. The molecule has 0 radical (unpaired) electrons. The largest absolute Gasteiger partial charge is 0.462 e. The summed E-state index contributed by atoms with van der Waals surface area (Å²) in [6.45, 7) is 0.450. The van der Waals surface area contributed by atoms with Crippen molar-refractivity contribution in [3.63, 3.8) is 0 Å². The van der Waals surface area contributed by atoms with Crippen molar-refractivity contribution in [3.8, 4) is 0 Å². The Labute approximate surface area is 136 Å². The molecular weight excluding hydrogens is 312 g/mol. The first kappa shape index (κ1) is 15.7. The van der Waals surface area contributed by atoms with Gasteiger partial charge in [0.05, 0.1) is 22.8 Å². The van der Waals surface area contributed by atoms with Gasteiger partial charge in [-0.2, -0.15) is 0 Å². The maximum atomic E-state index is 12.4. The quantitative estimate of drug-likeness (QED) is 0.763. The fraction of sp³-hybridized carbons (Fsp3) is 0.278. The first-order valence-electron chi connectivity index (χ1n) is 7.58. The molecule has 0 atom stereocenters. The molecule has 0 aliphatic heterocycles. The first-order chi connectivity index (χ1) is 11.0. The van der Waals surface area contributed by atoms with E-state index in [0.29, 0.717) is 23.7 Å². The van der Waals surface area contributed by atoms with Crippen molar-refractivity contribution < 1.29 is 17.9 Å². The molecule has 3 rings (SSSR count). The smallest absolute Gasteiger partial charge is 0.338 e. The van der Waals surface area contributed by atoms with Gasteiger partial charge in [0.15, 0.2) is 9.84 Å². The van der Waals surface area contributed by atoms with Crippen LogP contribution in [0.1, 0.15) is 28.8 Å². The molecule has 1 fully saturated rings. The van der Waals surface area contributed by atoms with Crippen molar-refractivity contribution in [2.24, 2.45) is 5.92 Å². The molecule has 23 heavy (non-hydrogen) atoms. The maximum Gasteiger partial charge on any atom is 0.338 e. The SMILES string of the molecule is O=C(OCC1CC1)c1cccc(CS(=O)(=O)c2ccccc2)c1. The second kappa shape index (κ2) is 6.54. The van der Waals surface area contributed by atoms with Crippen LogP contribution in [0.25, 0.3) is 0 Å². The standard InChI is InChI=1S/C18H18O4S/c19-18(22-12-14-9-10-14)16-6-4-5-15(11-16)13-23(20,21)17-7-2-1-3-8-17/h1-8,11,14H,9-10,12-13H2. The van der Waals surface area contributed by atoms with Crippen LogP contribution in [0.4, 0.5) is 0 Å². The van der Waals surface area contributed by atoms with E-state index < -0.39 is 15.8 Å². The monoisotopic (exact) mass is 330 g/mol. The molecule has 0 amide bonds. The van der Waals surface area contributed by atoms with Crippen LogP contribution in [-0.4, -0.2) is 21.0 Å². The van der Waals surface area contributed by atoms with Gasteiger partial charge >= 0.3 is 5.97 Å². The number of benzene rings is 2. The fourth-order valence-corrected chi connectivity index (χ4v) is 3.64. The Kier molecular flexibility index (Phi) is 4.48. The van der Waals surface area contributed by atoms with Gasteiger partial charge in [0.1, 0.15) is 0 Å². The molecular formula is C18H18O4S. The van der Waals surface area contributed by atoms with E-state index in [1.807, 2.05) is 0 Å². The van der Waals surface area contributed by atoms with Gasteiger partial charge in [0, 0.05) is 0 Å². The summed E-state index contributed by atoms with van der Waals surface area (Å²) in [5.74, 6) is -0.0303. The zero-order valence-corrected chi connectivity index (χ0v) is 13.5. The highest BCUT2D eigenvalue weighted by molar-refractivity contribution is 7.90. The van der Waals surface area contributed by atoms with Crippen molar-refractivity contribution in [2.45, 2.75) is 23.5 Å². The van der Waals surface area contributed by atoms with E-state index in [1.165, 1.54) is 0 Å². The lowest BCUT2D eigenvalue weighted by molar-refractivity contribution is 0.0486. The van der Waals surface area contributed by atoms with Crippen LogP contribution in [0.2, 0.25) is 0 Å². The molecule has 0 saturated heterocycles. The van der Waals surface area contributed by atoms with E-state index in [0.717, 1.165) is 12.8 Å². The van der Waals surface area contributed by atoms with Crippen LogP contribution in [0.5, 0.6) is 0 Å². The second-order valence-electron chi connectivity index (χ2n) is 5.81. The minimum atomic E-state index is -3.42. The molecule has 0 aromatic heterocycles. The Hall–Kier alpha value is -2.14. The number of esters is 1. The van der Waals surface area contributed by atoms with E-state index in [-0.39, 0.29) is 10.6 Å². The van der Waals surface area contributed by atoms with Crippen LogP contribution in [-0.2, 0) is 20.3 Å². The topological polar surface area (TPSA) is 60.4 Å². The second-order valence-corrected chi connectivity index (χ2v) is 7.80. The van der Waals surface area contributed by atoms with Crippen LogP contribution < -0.4 is 0 Å². The van der Waals surface area contributed by atoms with Crippen molar-refractivity contribution in [1.29, 1.82) is 0 Å². The van der Waals surface area contributed by atoms with Gasteiger partial charge in [-0.3, -0.25) is 0 Å². The third-order valence-electron chi connectivity index (χ3n) is 3.77. The molecule has 0 unspecified atom stereocenters. The van der Waals surface area contributed by atoms with Gasteiger partial charge in [-0.25, -0.2) is 13.2 Å². The number of hydrogen-bond acceptors (Lipinski definition) is 4. The fourth-order valence-electron chi connectivity index (χ4n) is 2.28. The van der Waals surface area contributed by atoms with Crippen LogP contribution in [0, 0.1) is 5.92 Å². The predicted octanol–water partition coefficient (Wildman–Crippen LogP) is 3.23. The predicted molar refractivity (Wildman–Crippen MR) is 86.8 cm³/mol.